The first kappa shape index (κ1) is 15.2. The van der Waals surface area contributed by atoms with E-state index in [4.69, 9.17) is 14.2 Å². The van der Waals surface area contributed by atoms with Gasteiger partial charge in [0, 0.05) is 24.6 Å². The first-order valence-electron chi connectivity index (χ1n) is 7.04. The number of rotatable bonds is 5. The zero-order chi connectivity index (χ0) is 15.1. The molecule has 1 aliphatic rings. The van der Waals surface area contributed by atoms with Crippen molar-refractivity contribution in [1.29, 1.82) is 0 Å². The van der Waals surface area contributed by atoms with Gasteiger partial charge in [0.15, 0.2) is 11.5 Å². The zero-order valence-corrected chi connectivity index (χ0v) is 12.0. The average molecular weight is 293 g/mol. The van der Waals surface area contributed by atoms with Crippen molar-refractivity contribution in [1.82, 2.24) is 0 Å². The molecule has 0 unspecified atom stereocenters. The van der Waals surface area contributed by atoms with Crippen LogP contribution in [-0.2, 0) is 14.3 Å². The van der Waals surface area contributed by atoms with E-state index >= 15 is 0 Å². The standard InChI is InChI=1S/C15H19NO5/c1-2-19-15(18)7-6-14(17)16-11-4-5-12-13(10-11)21-9-3-8-20-12/h4-5,10H,2-3,6-9H2,1H3,(H,16,17). The summed E-state index contributed by atoms with van der Waals surface area (Å²) in [5.74, 6) is 0.691. The van der Waals surface area contributed by atoms with Crippen LogP contribution in [0, 0.1) is 0 Å². The highest BCUT2D eigenvalue weighted by atomic mass is 16.5. The highest BCUT2D eigenvalue weighted by molar-refractivity contribution is 5.92. The van der Waals surface area contributed by atoms with E-state index in [2.05, 4.69) is 5.32 Å². The van der Waals surface area contributed by atoms with Crippen LogP contribution in [0.3, 0.4) is 0 Å². The maximum atomic E-state index is 11.8. The monoisotopic (exact) mass is 293 g/mol. The summed E-state index contributed by atoms with van der Waals surface area (Å²) in [4.78, 5) is 23.0. The molecule has 114 valence electrons. The van der Waals surface area contributed by atoms with Crippen molar-refractivity contribution in [3.05, 3.63) is 18.2 Å². The molecular formula is C15H19NO5. The van der Waals surface area contributed by atoms with Gasteiger partial charge in [-0.1, -0.05) is 0 Å². The Morgan fingerprint density at radius 2 is 1.95 bits per heavy atom. The molecule has 1 amide bonds. The van der Waals surface area contributed by atoms with Gasteiger partial charge in [0.1, 0.15) is 0 Å². The Morgan fingerprint density at radius 3 is 2.71 bits per heavy atom. The first-order valence-corrected chi connectivity index (χ1v) is 7.04. The Morgan fingerprint density at radius 1 is 1.19 bits per heavy atom. The molecule has 2 rings (SSSR count). The summed E-state index contributed by atoms with van der Waals surface area (Å²) >= 11 is 0. The average Bonchev–Trinajstić information content (AvgIpc) is 2.70. The molecule has 0 aliphatic carbocycles. The minimum absolute atomic E-state index is 0.0736. The lowest BCUT2D eigenvalue weighted by Gasteiger charge is -2.10. The van der Waals surface area contributed by atoms with Crippen molar-refractivity contribution in [3.8, 4) is 11.5 Å². The van der Waals surface area contributed by atoms with Crippen molar-refractivity contribution >= 4 is 17.6 Å². The molecule has 0 bridgehead atoms. The summed E-state index contributed by atoms with van der Waals surface area (Å²) in [6.07, 6.45) is 0.993. The molecule has 1 aliphatic heterocycles. The highest BCUT2D eigenvalue weighted by Crippen LogP contribution is 2.32. The molecule has 0 aromatic heterocycles. The number of benzene rings is 1. The van der Waals surface area contributed by atoms with E-state index in [1.807, 2.05) is 0 Å². The van der Waals surface area contributed by atoms with Crippen molar-refractivity contribution in [2.24, 2.45) is 0 Å². The number of carbonyl (C=O) groups is 2. The third kappa shape index (κ3) is 4.66. The molecular weight excluding hydrogens is 274 g/mol. The van der Waals surface area contributed by atoms with E-state index in [0.29, 0.717) is 37.0 Å². The van der Waals surface area contributed by atoms with Crippen LogP contribution in [0.4, 0.5) is 5.69 Å². The van der Waals surface area contributed by atoms with Crippen LogP contribution in [0.25, 0.3) is 0 Å². The van der Waals surface area contributed by atoms with E-state index in [0.717, 1.165) is 6.42 Å². The van der Waals surface area contributed by atoms with Crippen molar-refractivity contribution in [3.63, 3.8) is 0 Å². The fourth-order valence-electron chi connectivity index (χ4n) is 1.91. The predicted molar refractivity (Wildman–Crippen MR) is 76.5 cm³/mol. The Labute approximate surface area is 123 Å². The van der Waals surface area contributed by atoms with Gasteiger partial charge >= 0.3 is 5.97 Å². The molecule has 0 fully saturated rings. The molecule has 1 aromatic carbocycles. The summed E-state index contributed by atoms with van der Waals surface area (Å²) in [5, 5.41) is 2.73. The SMILES string of the molecule is CCOC(=O)CCC(=O)Nc1ccc2c(c1)OCCCO2. The van der Waals surface area contributed by atoms with Gasteiger partial charge in [-0.25, -0.2) is 0 Å². The molecule has 0 saturated heterocycles. The van der Waals surface area contributed by atoms with Crippen LogP contribution in [-0.4, -0.2) is 31.7 Å². The lowest BCUT2D eigenvalue weighted by molar-refractivity contribution is -0.144. The third-order valence-electron chi connectivity index (χ3n) is 2.89. The lowest BCUT2D eigenvalue weighted by Crippen LogP contribution is -2.14. The maximum Gasteiger partial charge on any atom is 0.306 e. The van der Waals surface area contributed by atoms with E-state index in [1.165, 1.54) is 0 Å². The summed E-state index contributed by atoms with van der Waals surface area (Å²) < 4.78 is 15.8. The third-order valence-corrected chi connectivity index (χ3v) is 2.89. The van der Waals surface area contributed by atoms with Crippen LogP contribution in [0.1, 0.15) is 26.2 Å². The molecule has 1 N–H and O–H groups in total. The van der Waals surface area contributed by atoms with Gasteiger partial charge in [-0.2, -0.15) is 0 Å². The van der Waals surface area contributed by atoms with Crippen LogP contribution in [0.2, 0.25) is 0 Å². The van der Waals surface area contributed by atoms with Gasteiger partial charge in [-0.3, -0.25) is 9.59 Å². The molecule has 0 atom stereocenters. The Hall–Kier alpha value is -2.24. The predicted octanol–water partition coefficient (Wildman–Crippen LogP) is 2.13. The zero-order valence-electron chi connectivity index (χ0n) is 12.0. The second kappa shape index (κ2) is 7.52. The molecule has 6 nitrogen and oxygen atoms in total. The largest absolute Gasteiger partial charge is 0.490 e. The fourth-order valence-corrected chi connectivity index (χ4v) is 1.91. The van der Waals surface area contributed by atoms with Gasteiger partial charge in [0.05, 0.1) is 26.2 Å². The number of amides is 1. The van der Waals surface area contributed by atoms with Crippen molar-refractivity contribution in [2.45, 2.75) is 26.2 Å². The fraction of sp³-hybridized carbons (Fsp3) is 0.467. The van der Waals surface area contributed by atoms with Gasteiger partial charge in [0.2, 0.25) is 5.91 Å². The Balaban J connectivity index is 1.89. The summed E-state index contributed by atoms with van der Waals surface area (Å²) in [6, 6.07) is 5.24. The van der Waals surface area contributed by atoms with Crippen LogP contribution < -0.4 is 14.8 Å². The lowest BCUT2D eigenvalue weighted by atomic mass is 10.2. The van der Waals surface area contributed by atoms with Crippen molar-refractivity contribution < 1.29 is 23.8 Å². The Kier molecular flexibility index (Phi) is 5.43. The van der Waals surface area contributed by atoms with Gasteiger partial charge in [-0.05, 0) is 19.1 Å². The summed E-state index contributed by atoms with van der Waals surface area (Å²) in [7, 11) is 0. The number of fused-ring (bicyclic) bond motifs is 1. The van der Waals surface area contributed by atoms with Crippen LogP contribution in [0.15, 0.2) is 18.2 Å². The van der Waals surface area contributed by atoms with E-state index in [1.54, 1.807) is 25.1 Å². The molecule has 6 heteroatoms. The second-order valence-corrected chi connectivity index (χ2v) is 4.57. The first-order chi connectivity index (χ1) is 10.2. The molecule has 21 heavy (non-hydrogen) atoms. The molecule has 1 heterocycles. The summed E-state index contributed by atoms with van der Waals surface area (Å²) in [6.45, 7) is 3.27. The number of ether oxygens (including phenoxy) is 3. The molecule has 1 aromatic rings. The van der Waals surface area contributed by atoms with Gasteiger partial charge in [0.25, 0.3) is 0 Å². The van der Waals surface area contributed by atoms with Crippen molar-refractivity contribution in [2.75, 3.05) is 25.1 Å². The van der Waals surface area contributed by atoms with Gasteiger partial charge in [-0.15, -0.1) is 0 Å². The molecule has 0 spiro atoms. The topological polar surface area (TPSA) is 73.9 Å². The number of hydrogen-bond acceptors (Lipinski definition) is 5. The van der Waals surface area contributed by atoms with E-state index in [9.17, 15) is 9.59 Å². The maximum absolute atomic E-state index is 11.8. The highest BCUT2D eigenvalue weighted by Gasteiger charge is 2.12. The Bertz CT molecular complexity index is 515. The normalized spacial score (nSPS) is 13.2. The van der Waals surface area contributed by atoms with E-state index in [-0.39, 0.29) is 24.7 Å². The van der Waals surface area contributed by atoms with Crippen LogP contribution >= 0.6 is 0 Å². The number of esters is 1. The second-order valence-electron chi connectivity index (χ2n) is 4.57. The number of anilines is 1. The van der Waals surface area contributed by atoms with Crippen LogP contribution in [0.5, 0.6) is 11.5 Å². The summed E-state index contributed by atoms with van der Waals surface area (Å²) in [5.41, 5.74) is 0.619. The number of carbonyl (C=O) groups excluding carboxylic acids is 2. The molecule has 0 saturated carbocycles. The number of nitrogens with one attached hydrogen (secondary N) is 1. The quantitative estimate of drug-likeness (QED) is 0.842. The van der Waals surface area contributed by atoms with Gasteiger partial charge < -0.3 is 19.5 Å². The molecule has 0 radical (unpaired) electrons. The smallest absolute Gasteiger partial charge is 0.306 e. The van der Waals surface area contributed by atoms with E-state index < -0.39 is 0 Å². The number of hydrogen-bond donors (Lipinski definition) is 1. The minimum atomic E-state index is -0.369. The minimum Gasteiger partial charge on any atom is -0.490 e.